The van der Waals surface area contributed by atoms with Crippen LogP contribution in [-0.2, 0) is 23.7 Å². The summed E-state index contributed by atoms with van der Waals surface area (Å²) in [4.78, 5) is 57.2. The summed E-state index contributed by atoms with van der Waals surface area (Å²) >= 11 is 0. The Kier molecular flexibility index (Phi) is 10.0. The van der Waals surface area contributed by atoms with Gasteiger partial charge in [-0.1, -0.05) is 36.4 Å². The molecule has 2 aliphatic heterocycles. The van der Waals surface area contributed by atoms with Crippen molar-refractivity contribution in [3.63, 3.8) is 0 Å². The van der Waals surface area contributed by atoms with E-state index in [2.05, 4.69) is 20.8 Å². The number of nitrogens with one attached hydrogen (secondary N) is 2. The summed E-state index contributed by atoms with van der Waals surface area (Å²) in [6.45, 7) is 1.25. The summed E-state index contributed by atoms with van der Waals surface area (Å²) in [5, 5.41) is 16.3. The third kappa shape index (κ3) is 7.47. The maximum Gasteiger partial charge on any atom is 0.256 e. The van der Waals surface area contributed by atoms with Crippen LogP contribution in [0.25, 0.3) is 44.7 Å². The molecule has 59 heavy (non-hydrogen) atoms. The lowest BCUT2D eigenvalue weighted by Gasteiger charge is -2.24. The van der Waals surface area contributed by atoms with Gasteiger partial charge in [-0.25, -0.2) is 0 Å². The Labute approximate surface area is 340 Å². The molecule has 0 bridgehead atoms. The molecule has 0 aliphatic carbocycles. The minimum Gasteiger partial charge on any atom is -0.416 e. The smallest absolute Gasteiger partial charge is 0.256 e. The van der Waals surface area contributed by atoms with Gasteiger partial charge >= 0.3 is 0 Å². The maximum absolute atomic E-state index is 13.6. The average Bonchev–Trinajstić information content (AvgIpc) is 4.10. The molecular formula is C46H44N8O5. The molecule has 2 saturated heterocycles. The highest BCUT2D eigenvalue weighted by atomic mass is 16.4. The van der Waals surface area contributed by atoms with Gasteiger partial charge in [0, 0.05) is 109 Å². The molecule has 7 aromatic rings. The molecule has 2 N–H and O–H groups in total. The van der Waals surface area contributed by atoms with E-state index in [1.54, 1.807) is 48.5 Å². The van der Waals surface area contributed by atoms with E-state index < -0.39 is 0 Å². The Balaban J connectivity index is 0.777. The number of nitrogens with zero attached hydrogens (tertiary/aromatic N) is 6. The van der Waals surface area contributed by atoms with Crippen LogP contribution in [0.3, 0.4) is 0 Å². The van der Waals surface area contributed by atoms with E-state index in [0.29, 0.717) is 58.5 Å². The molecule has 0 spiro atoms. The number of benzene rings is 4. The average molecular weight is 789 g/mol. The summed E-state index contributed by atoms with van der Waals surface area (Å²) in [6.07, 6.45) is 7.42. The second-order valence-electron chi connectivity index (χ2n) is 15.5. The number of hydrogen-bond acceptors (Lipinski definition) is 7. The number of rotatable bonds is 10. The molecule has 2 atom stereocenters. The molecule has 2 aliphatic rings. The molecule has 5 heterocycles. The molecule has 0 saturated carbocycles. The number of anilines is 2. The van der Waals surface area contributed by atoms with Crippen molar-refractivity contribution >= 4 is 56.8 Å². The number of amides is 4. The molecule has 0 radical (unpaired) electrons. The first kappa shape index (κ1) is 37.6. The van der Waals surface area contributed by atoms with Crippen LogP contribution in [-0.4, -0.2) is 77.9 Å². The van der Waals surface area contributed by atoms with Gasteiger partial charge in [0.1, 0.15) is 0 Å². The van der Waals surface area contributed by atoms with Crippen molar-refractivity contribution in [2.75, 3.05) is 23.7 Å². The van der Waals surface area contributed by atoms with Crippen LogP contribution in [0.1, 0.15) is 59.2 Å². The number of carbonyl (C=O) groups excluding carboxylic acids is 4. The van der Waals surface area contributed by atoms with Gasteiger partial charge in [0.25, 0.3) is 11.8 Å². The Morgan fingerprint density at radius 1 is 0.593 bits per heavy atom. The van der Waals surface area contributed by atoms with Gasteiger partial charge in [-0.05, 0) is 86.3 Å². The molecule has 13 nitrogen and oxygen atoms in total. The fourth-order valence-corrected chi connectivity index (χ4v) is 8.67. The SMILES string of the molecule is Cn1cc(C(=O)N2CCC[C@H]2CC(=O)Nc2ccc(-c3nnc(-c4ccc(NC(=O)C[C@@H]5CCCN5C(=O)c5cn(C)c6ccccc56)cc4)o3)cc2)c2ccccc21. The first-order chi connectivity index (χ1) is 28.7. The largest absolute Gasteiger partial charge is 0.416 e. The lowest BCUT2D eigenvalue weighted by molar-refractivity contribution is -0.117. The Morgan fingerprint density at radius 2 is 1.00 bits per heavy atom. The highest BCUT2D eigenvalue weighted by Crippen LogP contribution is 2.31. The lowest BCUT2D eigenvalue weighted by atomic mass is 10.1. The minimum atomic E-state index is -0.176. The van der Waals surface area contributed by atoms with Crippen molar-refractivity contribution in [2.45, 2.75) is 50.6 Å². The molecule has 13 heteroatoms. The minimum absolute atomic E-state index is 0.0436. The van der Waals surface area contributed by atoms with E-state index >= 15 is 0 Å². The van der Waals surface area contributed by atoms with Crippen LogP contribution in [0.4, 0.5) is 11.4 Å². The summed E-state index contributed by atoms with van der Waals surface area (Å²) < 4.78 is 9.92. The summed E-state index contributed by atoms with van der Waals surface area (Å²) in [7, 11) is 3.87. The molecule has 4 amide bonds. The number of aryl methyl sites for hydroxylation is 2. The van der Waals surface area contributed by atoms with Crippen molar-refractivity contribution in [1.82, 2.24) is 29.1 Å². The zero-order valence-corrected chi connectivity index (χ0v) is 32.9. The van der Waals surface area contributed by atoms with Crippen molar-refractivity contribution in [2.24, 2.45) is 14.1 Å². The molecule has 0 unspecified atom stereocenters. The Hall–Kier alpha value is -7.02. The van der Waals surface area contributed by atoms with Crippen LogP contribution < -0.4 is 10.6 Å². The van der Waals surface area contributed by atoms with Gasteiger partial charge in [-0.15, -0.1) is 10.2 Å². The number of aromatic nitrogens is 4. The van der Waals surface area contributed by atoms with Gasteiger partial charge in [0.2, 0.25) is 23.6 Å². The van der Waals surface area contributed by atoms with E-state index in [1.807, 2.05) is 94.0 Å². The number of para-hydroxylation sites is 2. The molecule has 3 aromatic heterocycles. The van der Waals surface area contributed by atoms with E-state index in [9.17, 15) is 19.2 Å². The molecule has 2 fully saturated rings. The van der Waals surface area contributed by atoms with Crippen molar-refractivity contribution in [3.05, 3.63) is 121 Å². The van der Waals surface area contributed by atoms with Crippen LogP contribution >= 0.6 is 0 Å². The lowest BCUT2D eigenvalue weighted by Crippen LogP contribution is -2.37. The normalized spacial score (nSPS) is 16.6. The Bertz CT molecular complexity index is 2530. The predicted octanol–water partition coefficient (Wildman–Crippen LogP) is 7.65. The summed E-state index contributed by atoms with van der Waals surface area (Å²) in [6, 6.07) is 29.7. The molecule has 4 aromatic carbocycles. The van der Waals surface area contributed by atoms with Crippen LogP contribution in [0, 0.1) is 0 Å². The topological polar surface area (TPSA) is 148 Å². The quantitative estimate of drug-likeness (QED) is 0.145. The van der Waals surface area contributed by atoms with Gasteiger partial charge in [-0.2, -0.15) is 0 Å². The zero-order valence-electron chi connectivity index (χ0n) is 32.9. The second kappa shape index (κ2) is 15.7. The standard InChI is InChI=1S/C46H44N8O5/c1-51-27-37(35-11-3-5-13-39(35)51)45(57)53-23-7-9-33(53)25-41(55)47-31-19-15-29(16-20-31)43-49-50-44(59-43)30-17-21-32(22-18-30)48-42(56)26-34-10-8-24-54(34)46(58)38-28-52(2)40-14-6-4-12-36(38)40/h3-6,11-22,27-28,33-34H,7-10,23-26H2,1-2H3,(H,47,55)(H,48,56)/t33-,34-/m0/s1. The maximum atomic E-state index is 13.6. The third-order valence-electron chi connectivity index (χ3n) is 11.6. The monoisotopic (exact) mass is 788 g/mol. The van der Waals surface area contributed by atoms with Gasteiger partial charge in [0.15, 0.2) is 0 Å². The third-order valence-corrected chi connectivity index (χ3v) is 11.6. The number of hydrogen-bond donors (Lipinski definition) is 2. The van der Waals surface area contributed by atoms with E-state index in [1.165, 1.54) is 0 Å². The van der Waals surface area contributed by atoms with Crippen LogP contribution in [0.5, 0.6) is 0 Å². The molecular weight excluding hydrogens is 745 g/mol. The molecule has 9 rings (SSSR count). The van der Waals surface area contributed by atoms with Gasteiger partial charge < -0.3 is 34.0 Å². The number of carbonyl (C=O) groups is 4. The fourth-order valence-electron chi connectivity index (χ4n) is 8.67. The fraction of sp³-hybridized carbons (Fsp3) is 0.261. The highest BCUT2D eigenvalue weighted by molar-refractivity contribution is 6.08. The Morgan fingerprint density at radius 3 is 1.42 bits per heavy atom. The van der Waals surface area contributed by atoms with E-state index in [-0.39, 0.29) is 48.6 Å². The van der Waals surface area contributed by atoms with E-state index in [0.717, 1.165) is 47.5 Å². The van der Waals surface area contributed by atoms with Gasteiger partial charge in [-0.3, -0.25) is 19.2 Å². The summed E-state index contributed by atoms with van der Waals surface area (Å²) in [5.74, 6) is 0.238. The van der Waals surface area contributed by atoms with Crippen molar-refractivity contribution in [3.8, 4) is 22.9 Å². The van der Waals surface area contributed by atoms with Crippen LogP contribution in [0.15, 0.2) is 114 Å². The summed E-state index contributed by atoms with van der Waals surface area (Å²) in [5.41, 5.74) is 5.94. The molecule has 298 valence electrons. The second-order valence-corrected chi connectivity index (χ2v) is 15.5. The first-order valence-corrected chi connectivity index (χ1v) is 20.0. The first-order valence-electron chi connectivity index (χ1n) is 20.0. The van der Waals surface area contributed by atoms with E-state index in [4.69, 9.17) is 4.42 Å². The number of likely N-dealkylation sites (tertiary alicyclic amines) is 2. The predicted molar refractivity (Wildman–Crippen MR) is 226 cm³/mol. The van der Waals surface area contributed by atoms with Crippen molar-refractivity contribution in [1.29, 1.82) is 0 Å². The van der Waals surface area contributed by atoms with Gasteiger partial charge in [0.05, 0.1) is 11.1 Å². The highest BCUT2D eigenvalue weighted by Gasteiger charge is 2.34. The van der Waals surface area contributed by atoms with Crippen LogP contribution in [0.2, 0.25) is 0 Å². The van der Waals surface area contributed by atoms with Crippen molar-refractivity contribution < 1.29 is 23.6 Å². The zero-order chi connectivity index (χ0) is 40.6. The number of fused-ring (bicyclic) bond motifs is 2.